The van der Waals surface area contributed by atoms with Crippen LogP contribution in [0.5, 0.6) is 0 Å². The van der Waals surface area contributed by atoms with Gasteiger partial charge >= 0.3 is 0 Å². The van der Waals surface area contributed by atoms with Gasteiger partial charge in [0.15, 0.2) is 0 Å². The van der Waals surface area contributed by atoms with Crippen LogP contribution in [0.2, 0.25) is 0 Å². The fourth-order valence-corrected chi connectivity index (χ4v) is 4.24. The molecule has 0 saturated heterocycles. The Bertz CT molecular complexity index is 852. The van der Waals surface area contributed by atoms with E-state index >= 15 is 0 Å². The maximum Gasteiger partial charge on any atom is 0.253 e. The van der Waals surface area contributed by atoms with Crippen molar-refractivity contribution in [2.24, 2.45) is 5.73 Å². The first-order valence-electron chi connectivity index (χ1n) is 10.7. The van der Waals surface area contributed by atoms with Crippen molar-refractivity contribution in [2.75, 3.05) is 0 Å². The Morgan fingerprint density at radius 2 is 1.87 bits per heavy atom. The molecule has 6 nitrogen and oxygen atoms in total. The number of aryl methyl sites for hydroxylation is 2. The molecule has 0 aromatic carbocycles. The van der Waals surface area contributed by atoms with Gasteiger partial charge in [-0.2, -0.15) is 0 Å². The molecule has 2 heterocycles. The Balaban J connectivity index is 0.000000418. The zero-order chi connectivity index (χ0) is 22.7. The van der Waals surface area contributed by atoms with E-state index in [9.17, 15) is 9.59 Å². The number of thiophene rings is 1. The van der Waals surface area contributed by atoms with E-state index in [2.05, 4.69) is 10.3 Å². The van der Waals surface area contributed by atoms with E-state index in [1.54, 1.807) is 12.3 Å². The number of aromatic nitrogens is 1. The van der Waals surface area contributed by atoms with Crippen LogP contribution in [0.15, 0.2) is 16.2 Å². The summed E-state index contributed by atoms with van der Waals surface area (Å²) in [6, 6.07) is 2.41. The summed E-state index contributed by atoms with van der Waals surface area (Å²) in [6.45, 7) is 9.59. The van der Waals surface area contributed by atoms with Gasteiger partial charge in [-0.05, 0) is 50.8 Å². The molecule has 0 bridgehead atoms. The molecule has 5 N–H and O–H groups in total. The summed E-state index contributed by atoms with van der Waals surface area (Å²) >= 11 is 1.36. The number of amides is 1. The quantitative estimate of drug-likeness (QED) is 0.580. The second-order valence-corrected chi connectivity index (χ2v) is 8.34. The number of hydrogen-bond acceptors (Lipinski definition) is 5. The minimum Gasteiger partial charge on any atom is -0.391 e. The number of rotatable bonds is 4. The molecule has 0 aliphatic heterocycles. The molecule has 1 aliphatic carbocycles. The maximum absolute atomic E-state index is 12.2. The van der Waals surface area contributed by atoms with E-state index in [-0.39, 0.29) is 24.6 Å². The molecule has 30 heavy (non-hydrogen) atoms. The number of hydrogen-bond donors (Lipinski definition) is 4. The van der Waals surface area contributed by atoms with E-state index in [0.717, 1.165) is 21.7 Å². The second kappa shape index (κ2) is 13.4. The molecule has 3 rings (SSSR count). The standard InChI is InChI=1S/C15H18N2O3S.C6H13N.C2H6/c1-8-4-9(2)17-15(20)11(8)5-16-14(19)12-7-21-13(6-18)10(12)3;7-6-4-2-1-3-5-6;1-2/h4,7,18H,5-6H2,1-3H3,(H,16,19)(H,17,20);6H,1-5,7H2;1-2H3. The third kappa shape index (κ3) is 7.70. The van der Waals surface area contributed by atoms with Gasteiger partial charge in [-0.25, -0.2) is 0 Å². The SMILES string of the molecule is CC.Cc1cc(C)c(CNC(=O)c2csc(CO)c2C)c(=O)[nH]1.NC1CCCCC1. The monoisotopic (exact) mass is 435 g/mol. The maximum atomic E-state index is 12.2. The van der Waals surface area contributed by atoms with Crippen LogP contribution in [0.4, 0.5) is 0 Å². The lowest BCUT2D eigenvalue weighted by molar-refractivity contribution is 0.0950. The minimum atomic E-state index is -0.233. The summed E-state index contributed by atoms with van der Waals surface area (Å²) < 4.78 is 0. The van der Waals surface area contributed by atoms with Crippen molar-refractivity contribution < 1.29 is 9.90 Å². The van der Waals surface area contributed by atoms with Crippen LogP contribution in [-0.4, -0.2) is 22.0 Å². The largest absolute Gasteiger partial charge is 0.391 e. The minimum absolute atomic E-state index is 0.0689. The number of H-pyrrole nitrogens is 1. The molecule has 168 valence electrons. The van der Waals surface area contributed by atoms with Gasteiger partial charge in [0.1, 0.15) is 0 Å². The molecule has 2 aromatic heterocycles. The van der Waals surface area contributed by atoms with Gasteiger partial charge in [0.25, 0.3) is 11.5 Å². The first-order valence-corrected chi connectivity index (χ1v) is 11.6. The molecule has 0 radical (unpaired) electrons. The number of nitrogens with one attached hydrogen (secondary N) is 2. The summed E-state index contributed by atoms with van der Waals surface area (Å²) in [5, 5.41) is 13.6. The van der Waals surface area contributed by atoms with Crippen LogP contribution in [0.1, 0.15) is 83.6 Å². The summed E-state index contributed by atoms with van der Waals surface area (Å²) in [7, 11) is 0. The lowest BCUT2D eigenvalue weighted by Gasteiger charge is -2.15. The molecule has 0 spiro atoms. The number of aliphatic hydroxyl groups is 1. The first-order chi connectivity index (χ1) is 14.3. The average molecular weight is 436 g/mol. The second-order valence-electron chi connectivity index (χ2n) is 7.38. The van der Waals surface area contributed by atoms with Crippen LogP contribution < -0.4 is 16.6 Å². The molecule has 1 aliphatic rings. The predicted octanol–water partition coefficient (Wildman–Crippen LogP) is 4.09. The van der Waals surface area contributed by atoms with Crippen LogP contribution in [-0.2, 0) is 13.2 Å². The summed E-state index contributed by atoms with van der Waals surface area (Å²) in [6.07, 6.45) is 6.66. The van der Waals surface area contributed by atoms with Gasteiger partial charge in [-0.1, -0.05) is 33.1 Å². The highest BCUT2D eigenvalue weighted by Gasteiger charge is 2.15. The van der Waals surface area contributed by atoms with Crippen molar-refractivity contribution in [3.63, 3.8) is 0 Å². The van der Waals surface area contributed by atoms with Crippen molar-refractivity contribution in [3.05, 3.63) is 54.6 Å². The Kier molecular flexibility index (Phi) is 11.6. The Morgan fingerprint density at radius 1 is 1.23 bits per heavy atom. The zero-order valence-corrected chi connectivity index (χ0v) is 19.7. The highest BCUT2D eigenvalue weighted by molar-refractivity contribution is 7.10. The zero-order valence-electron chi connectivity index (χ0n) is 18.9. The van der Waals surface area contributed by atoms with Crippen molar-refractivity contribution in [1.82, 2.24) is 10.3 Å². The Morgan fingerprint density at radius 3 is 2.33 bits per heavy atom. The number of aliphatic hydroxyl groups excluding tert-OH is 1. The normalized spacial score (nSPS) is 13.6. The van der Waals surface area contributed by atoms with Crippen LogP contribution >= 0.6 is 11.3 Å². The van der Waals surface area contributed by atoms with Crippen molar-refractivity contribution >= 4 is 17.2 Å². The lowest BCUT2D eigenvalue weighted by Crippen LogP contribution is -2.28. The topological polar surface area (TPSA) is 108 Å². The molecule has 1 amide bonds. The first kappa shape index (κ1) is 26.1. The molecule has 0 atom stereocenters. The summed E-state index contributed by atoms with van der Waals surface area (Å²) in [5.74, 6) is -0.233. The van der Waals surface area contributed by atoms with E-state index in [1.165, 1.54) is 43.4 Å². The van der Waals surface area contributed by atoms with E-state index in [0.29, 0.717) is 17.2 Å². The molecule has 1 fully saturated rings. The van der Waals surface area contributed by atoms with E-state index in [1.807, 2.05) is 33.8 Å². The average Bonchev–Trinajstić information content (AvgIpc) is 3.10. The van der Waals surface area contributed by atoms with E-state index in [4.69, 9.17) is 10.8 Å². The summed E-state index contributed by atoms with van der Waals surface area (Å²) in [4.78, 5) is 27.6. The van der Waals surface area contributed by atoms with Crippen LogP contribution in [0.25, 0.3) is 0 Å². The number of nitrogens with two attached hydrogens (primary N) is 1. The van der Waals surface area contributed by atoms with Crippen LogP contribution in [0.3, 0.4) is 0 Å². The number of carbonyl (C=O) groups excluding carboxylic acids is 1. The van der Waals surface area contributed by atoms with Crippen LogP contribution in [0, 0.1) is 20.8 Å². The van der Waals surface area contributed by atoms with Gasteiger partial charge in [0.2, 0.25) is 0 Å². The van der Waals surface area contributed by atoms with Gasteiger partial charge < -0.3 is 21.1 Å². The molecule has 1 saturated carbocycles. The highest BCUT2D eigenvalue weighted by Crippen LogP contribution is 2.21. The van der Waals surface area contributed by atoms with Crippen molar-refractivity contribution in [2.45, 2.75) is 85.9 Å². The molecule has 7 heteroatoms. The lowest BCUT2D eigenvalue weighted by atomic mass is 9.97. The third-order valence-corrected chi connectivity index (χ3v) is 6.17. The molecular formula is C23H37N3O3S. The fraction of sp³-hybridized carbons (Fsp3) is 0.565. The molecule has 0 unspecified atom stereocenters. The van der Waals surface area contributed by atoms with E-state index < -0.39 is 0 Å². The predicted molar refractivity (Wildman–Crippen MR) is 125 cm³/mol. The number of carbonyl (C=O) groups is 1. The Labute approximate surface area is 183 Å². The number of pyridine rings is 1. The van der Waals surface area contributed by atoms with Crippen molar-refractivity contribution in [3.8, 4) is 0 Å². The summed E-state index contributed by atoms with van der Waals surface area (Å²) in [5.41, 5.74) is 9.01. The van der Waals surface area contributed by atoms with Gasteiger partial charge in [0.05, 0.1) is 12.2 Å². The third-order valence-electron chi connectivity index (χ3n) is 5.10. The van der Waals surface area contributed by atoms with Crippen molar-refractivity contribution in [1.29, 1.82) is 0 Å². The molecular weight excluding hydrogens is 398 g/mol. The van der Waals surface area contributed by atoms with Gasteiger partial charge in [0, 0.05) is 34.1 Å². The number of aromatic amines is 1. The molecule has 2 aromatic rings. The van der Waals surface area contributed by atoms with Gasteiger partial charge in [-0.15, -0.1) is 11.3 Å². The smallest absolute Gasteiger partial charge is 0.253 e. The Hall–Kier alpha value is -1.96. The van der Waals surface area contributed by atoms with Gasteiger partial charge in [-0.3, -0.25) is 9.59 Å². The fourth-order valence-electron chi connectivity index (χ4n) is 3.34. The highest BCUT2D eigenvalue weighted by atomic mass is 32.1.